The summed E-state index contributed by atoms with van der Waals surface area (Å²) in [5, 5.41) is 12.9. The molecule has 0 aliphatic carbocycles. The molecule has 1 heterocycles. The Labute approximate surface area is 161 Å². The molecule has 3 rings (SSSR count). The van der Waals surface area contributed by atoms with Crippen molar-refractivity contribution in [2.45, 2.75) is 26.1 Å². The van der Waals surface area contributed by atoms with Crippen molar-refractivity contribution in [2.75, 3.05) is 5.32 Å². The zero-order valence-electron chi connectivity index (χ0n) is 13.8. The number of hydrogen-bond acceptors (Lipinski definition) is 3. The van der Waals surface area contributed by atoms with Crippen LogP contribution in [0.3, 0.4) is 0 Å². The molecular formula is C18H14BrClF3N3. The van der Waals surface area contributed by atoms with Gasteiger partial charge in [-0.05, 0) is 49.2 Å². The fourth-order valence-electron chi connectivity index (χ4n) is 2.91. The van der Waals surface area contributed by atoms with Crippen LogP contribution < -0.4 is 5.32 Å². The van der Waals surface area contributed by atoms with Gasteiger partial charge in [0.15, 0.2) is 11.0 Å². The van der Waals surface area contributed by atoms with Crippen molar-refractivity contribution in [1.29, 1.82) is 0 Å². The van der Waals surface area contributed by atoms with Crippen molar-refractivity contribution in [3.63, 3.8) is 0 Å². The first-order chi connectivity index (χ1) is 12.2. The molecule has 0 aliphatic heterocycles. The summed E-state index contributed by atoms with van der Waals surface area (Å²) in [5.74, 6) is 0.454. The quantitative estimate of drug-likeness (QED) is 0.498. The lowest BCUT2D eigenvalue weighted by molar-refractivity contribution is -0.138. The Morgan fingerprint density at radius 2 is 1.85 bits per heavy atom. The van der Waals surface area contributed by atoms with Crippen molar-refractivity contribution >= 4 is 44.1 Å². The number of benzene rings is 2. The van der Waals surface area contributed by atoms with E-state index in [1.807, 2.05) is 18.2 Å². The Balaban J connectivity index is 2.02. The molecule has 0 spiro atoms. The second kappa shape index (κ2) is 7.04. The van der Waals surface area contributed by atoms with Gasteiger partial charge in [0, 0.05) is 15.2 Å². The summed E-state index contributed by atoms with van der Waals surface area (Å²) in [7, 11) is 0. The van der Waals surface area contributed by atoms with Crippen LogP contribution in [0.15, 0.2) is 40.9 Å². The zero-order valence-corrected chi connectivity index (χ0v) is 16.2. The number of nitrogens with one attached hydrogen (secondary N) is 1. The number of alkyl halides is 3. The summed E-state index contributed by atoms with van der Waals surface area (Å²) >= 11 is 9.49. The van der Waals surface area contributed by atoms with E-state index < -0.39 is 17.8 Å². The molecule has 3 aromatic rings. The molecule has 26 heavy (non-hydrogen) atoms. The highest BCUT2D eigenvalue weighted by molar-refractivity contribution is 9.10. The number of aromatic nitrogens is 2. The molecule has 136 valence electrons. The van der Waals surface area contributed by atoms with E-state index in [-0.39, 0.29) is 10.7 Å². The van der Waals surface area contributed by atoms with Gasteiger partial charge in [-0.3, -0.25) is 0 Å². The third kappa shape index (κ3) is 3.64. The van der Waals surface area contributed by atoms with E-state index in [1.165, 1.54) is 13.0 Å². The van der Waals surface area contributed by atoms with Crippen LogP contribution in [0, 0.1) is 6.92 Å². The van der Waals surface area contributed by atoms with Gasteiger partial charge in [-0.15, -0.1) is 10.2 Å². The van der Waals surface area contributed by atoms with Gasteiger partial charge in [-0.1, -0.05) is 39.7 Å². The van der Waals surface area contributed by atoms with E-state index in [9.17, 15) is 13.2 Å². The largest absolute Gasteiger partial charge is 0.416 e. The normalized spacial score (nSPS) is 13.0. The highest BCUT2D eigenvalue weighted by Crippen LogP contribution is 2.36. The third-order valence-electron chi connectivity index (χ3n) is 4.20. The van der Waals surface area contributed by atoms with Crippen LogP contribution in [-0.2, 0) is 6.18 Å². The molecule has 1 atom stereocenters. The summed E-state index contributed by atoms with van der Waals surface area (Å²) in [6.07, 6.45) is -4.39. The van der Waals surface area contributed by atoms with Crippen molar-refractivity contribution < 1.29 is 13.2 Å². The molecule has 0 bridgehead atoms. The monoisotopic (exact) mass is 443 g/mol. The fourth-order valence-corrected chi connectivity index (χ4v) is 3.48. The molecule has 0 amide bonds. The minimum absolute atomic E-state index is 0.187. The van der Waals surface area contributed by atoms with Crippen molar-refractivity contribution in [2.24, 2.45) is 0 Å². The van der Waals surface area contributed by atoms with E-state index in [0.717, 1.165) is 15.9 Å². The molecule has 8 heteroatoms. The van der Waals surface area contributed by atoms with Crippen LogP contribution >= 0.6 is 27.5 Å². The minimum atomic E-state index is -4.39. The standard InChI is InChI=1S/C18H14BrClF3N3/c1-9-12(4-3-5-15(9)18(21,22)23)10(2)24-17-14-8-11(19)6-7-13(14)16(20)25-26-17/h3-8,10H,1-2H3,(H,24,26)/t10-/m1/s1. The lowest BCUT2D eigenvalue weighted by atomic mass is 9.97. The maximum Gasteiger partial charge on any atom is 0.416 e. The van der Waals surface area contributed by atoms with Gasteiger partial charge in [0.05, 0.1) is 11.6 Å². The van der Waals surface area contributed by atoms with Gasteiger partial charge in [-0.2, -0.15) is 13.2 Å². The lowest BCUT2D eigenvalue weighted by Gasteiger charge is -2.20. The summed E-state index contributed by atoms with van der Waals surface area (Å²) < 4.78 is 40.3. The van der Waals surface area contributed by atoms with E-state index in [0.29, 0.717) is 16.8 Å². The summed E-state index contributed by atoms with van der Waals surface area (Å²) in [4.78, 5) is 0. The van der Waals surface area contributed by atoms with Gasteiger partial charge in [0.1, 0.15) is 0 Å². The maximum absolute atomic E-state index is 13.2. The van der Waals surface area contributed by atoms with Crippen LogP contribution in [0.4, 0.5) is 19.0 Å². The number of halogens is 5. The lowest BCUT2D eigenvalue weighted by Crippen LogP contribution is -2.14. The second-order valence-corrected chi connectivity index (χ2v) is 7.19. The average molecular weight is 445 g/mol. The second-order valence-electron chi connectivity index (χ2n) is 5.91. The van der Waals surface area contributed by atoms with Gasteiger partial charge < -0.3 is 5.32 Å². The van der Waals surface area contributed by atoms with Crippen LogP contribution in [-0.4, -0.2) is 10.2 Å². The highest BCUT2D eigenvalue weighted by Gasteiger charge is 2.33. The predicted molar refractivity (Wildman–Crippen MR) is 100 cm³/mol. The topological polar surface area (TPSA) is 37.8 Å². The minimum Gasteiger partial charge on any atom is -0.362 e. The van der Waals surface area contributed by atoms with Crippen molar-refractivity contribution in [3.05, 3.63) is 62.7 Å². The number of rotatable bonds is 3. The molecule has 0 aliphatic rings. The van der Waals surface area contributed by atoms with E-state index in [1.54, 1.807) is 13.0 Å². The Morgan fingerprint density at radius 1 is 1.12 bits per heavy atom. The molecule has 0 radical (unpaired) electrons. The molecule has 3 nitrogen and oxygen atoms in total. The van der Waals surface area contributed by atoms with Gasteiger partial charge in [0.2, 0.25) is 0 Å². The Hall–Kier alpha value is -1.86. The van der Waals surface area contributed by atoms with E-state index in [2.05, 4.69) is 31.4 Å². The van der Waals surface area contributed by atoms with E-state index in [4.69, 9.17) is 11.6 Å². The molecule has 0 unspecified atom stereocenters. The Kier molecular flexibility index (Phi) is 5.12. The van der Waals surface area contributed by atoms with Crippen LogP contribution in [0.25, 0.3) is 10.8 Å². The molecule has 1 aromatic heterocycles. The number of anilines is 1. The molecule has 0 saturated carbocycles. The molecule has 1 N–H and O–H groups in total. The number of fused-ring (bicyclic) bond motifs is 1. The molecular weight excluding hydrogens is 431 g/mol. The summed E-state index contributed by atoms with van der Waals surface area (Å²) in [5.41, 5.74) is 0.0885. The van der Waals surface area contributed by atoms with Crippen LogP contribution in [0.2, 0.25) is 5.15 Å². The average Bonchev–Trinajstić information content (AvgIpc) is 2.56. The van der Waals surface area contributed by atoms with Gasteiger partial charge >= 0.3 is 6.18 Å². The maximum atomic E-state index is 13.2. The SMILES string of the molecule is Cc1c([C@@H](C)Nc2nnc(Cl)c3ccc(Br)cc23)cccc1C(F)(F)F. The van der Waals surface area contributed by atoms with Crippen LogP contribution in [0.5, 0.6) is 0 Å². The Bertz CT molecular complexity index is 976. The van der Waals surface area contributed by atoms with E-state index >= 15 is 0 Å². The number of nitrogens with zero attached hydrogens (tertiary/aromatic N) is 2. The molecule has 0 fully saturated rings. The zero-order chi connectivity index (χ0) is 19.1. The highest BCUT2D eigenvalue weighted by atomic mass is 79.9. The summed E-state index contributed by atoms with van der Waals surface area (Å²) in [6, 6.07) is 9.23. The smallest absolute Gasteiger partial charge is 0.362 e. The van der Waals surface area contributed by atoms with Gasteiger partial charge in [0.25, 0.3) is 0 Å². The fraction of sp³-hybridized carbons (Fsp3) is 0.222. The molecule has 0 saturated heterocycles. The predicted octanol–water partition coefficient (Wildman–Crippen LogP) is 6.55. The first kappa shape index (κ1) is 18.9. The number of hydrogen-bond donors (Lipinski definition) is 1. The Morgan fingerprint density at radius 3 is 2.54 bits per heavy atom. The van der Waals surface area contributed by atoms with Crippen LogP contribution in [0.1, 0.15) is 29.7 Å². The van der Waals surface area contributed by atoms with Crippen molar-refractivity contribution in [3.8, 4) is 0 Å². The first-order valence-electron chi connectivity index (χ1n) is 7.73. The first-order valence-corrected chi connectivity index (χ1v) is 8.90. The third-order valence-corrected chi connectivity index (χ3v) is 4.97. The van der Waals surface area contributed by atoms with Crippen molar-refractivity contribution in [1.82, 2.24) is 10.2 Å². The van der Waals surface area contributed by atoms with Gasteiger partial charge in [-0.25, -0.2) is 0 Å². The summed E-state index contributed by atoms with van der Waals surface area (Å²) in [6.45, 7) is 3.25. The molecule has 2 aromatic carbocycles.